The summed E-state index contributed by atoms with van der Waals surface area (Å²) in [5.41, 5.74) is -0.640. The fourth-order valence-electron chi connectivity index (χ4n) is 4.13. The van der Waals surface area contributed by atoms with Crippen LogP contribution in [0.1, 0.15) is 39.3 Å². The van der Waals surface area contributed by atoms with Crippen molar-refractivity contribution in [3.05, 3.63) is 59.5 Å². The Bertz CT molecular complexity index is 981. The lowest BCUT2D eigenvalue weighted by Crippen LogP contribution is -2.55. The molecule has 0 spiro atoms. The van der Waals surface area contributed by atoms with Gasteiger partial charge in [-0.25, -0.2) is 0 Å². The minimum absolute atomic E-state index is 0.163. The zero-order valence-electron chi connectivity index (χ0n) is 17.2. The summed E-state index contributed by atoms with van der Waals surface area (Å²) in [5, 5.41) is 0. The molecule has 1 aromatic carbocycles. The molecule has 0 saturated carbocycles. The van der Waals surface area contributed by atoms with Crippen LogP contribution in [0.15, 0.2) is 47.1 Å². The van der Waals surface area contributed by atoms with Crippen LogP contribution < -0.4 is 0 Å². The van der Waals surface area contributed by atoms with Gasteiger partial charge in [0.2, 0.25) is 5.91 Å². The zero-order chi connectivity index (χ0) is 22.9. The van der Waals surface area contributed by atoms with Gasteiger partial charge in [0.05, 0.1) is 11.8 Å². The molecule has 0 N–H and O–H groups in total. The molecule has 2 fully saturated rings. The summed E-state index contributed by atoms with van der Waals surface area (Å²) in [5.74, 6) is -0.663. The van der Waals surface area contributed by atoms with Crippen LogP contribution in [0.3, 0.4) is 0 Å². The Hall–Kier alpha value is -3.30. The van der Waals surface area contributed by atoms with Crippen LogP contribution in [0.4, 0.5) is 13.2 Å². The molecule has 3 heterocycles. The summed E-state index contributed by atoms with van der Waals surface area (Å²) in [6.45, 7) is 1.60. The standard InChI is InChI=1S/C22H22F3N3O4/c23-22(24,25)16-7-5-15(6-8-16)19(29)26-10-12-27(13-11-26)20(30)17-3-1-9-28(17)21(31)18-4-2-14-32-18/h2,4-8,14,17H,1,3,9-13H2/t17-/m0/s1. The third-order valence-corrected chi connectivity index (χ3v) is 5.87. The van der Waals surface area contributed by atoms with Crippen molar-refractivity contribution in [2.24, 2.45) is 0 Å². The minimum atomic E-state index is -4.46. The van der Waals surface area contributed by atoms with E-state index >= 15 is 0 Å². The Morgan fingerprint density at radius 3 is 2.12 bits per heavy atom. The molecule has 2 aromatic rings. The summed E-state index contributed by atoms with van der Waals surface area (Å²) < 4.78 is 43.3. The molecule has 1 atom stereocenters. The fraction of sp³-hybridized carbons (Fsp3) is 0.409. The number of benzene rings is 1. The summed E-state index contributed by atoms with van der Waals surface area (Å²) in [6.07, 6.45) is -1.77. The number of amides is 3. The van der Waals surface area contributed by atoms with Crippen LogP contribution in [0, 0.1) is 0 Å². The summed E-state index contributed by atoms with van der Waals surface area (Å²) in [6, 6.07) is 6.72. The van der Waals surface area contributed by atoms with Crippen molar-refractivity contribution in [2.75, 3.05) is 32.7 Å². The number of hydrogen-bond donors (Lipinski definition) is 0. The van der Waals surface area contributed by atoms with Crippen LogP contribution in [-0.4, -0.2) is 71.2 Å². The maximum absolute atomic E-state index is 13.1. The molecule has 10 heteroatoms. The second-order valence-corrected chi connectivity index (χ2v) is 7.83. The highest BCUT2D eigenvalue weighted by Crippen LogP contribution is 2.29. The van der Waals surface area contributed by atoms with Gasteiger partial charge in [-0.05, 0) is 49.2 Å². The Morgan fingerprint density at radius 1 is 0.875 bits per heavy atom. The highest BCUT2D eigenvalue weighted by atomic mass is 19.4. The Labute approximate surface area is 182 Å². The van der Waals surface area contributed by atoms with E-state index in [1.165, 1.54) is 28.2 Å². The second-order valence-electron chi connectivity index (χ2n) is 7.83. The number of halogens is 3. The van der Waals surface area contributed by atoms with Crippen molar-refractivity contribution in [1.29, 1.82) is 0 Å². The van der Waals surface area contributed by atoms with Gasteiger partial charge in [-0.1, -0.05) is 0 Å². The van der Waals surface area contributed by atoms with E-state index < -0.39 is 17.8 Å². The molecule has 170 valence electrons. The van der Waals surface area contributed by atoms with Gasteiger partial charge in [0.15, 0.2) is 5.76 Å². The first-order chi connectivity index (χ1) is 15.3. The van der Waals surface area contributed by atoms with Crippen LogP contribution in [0.5, 0.6) is 0 Å². The number of likely N-dealkylation sites (tertiary alicyclic amines) is 1. The predicted octanol–water partition coefficient (Wildman–Crippen LogP) is 2.89. The summed E-state index contributed by atoms with van der Waals surface area (Å²) in [7, 11) is 0. The van der Waals surface area contributed by atoms with Gasteiger partial charge in [0, 0.05) is 38.3 Å². The van der Waals surface area contributed by atoms with Crippen molar-refractivity contribution in [3.63, 3.8) is 0 Å². The first-order valence-electron chi connectivity index (χ1n) is 10.4. The van der Waals surface area contributed by atoms with Crippen LogP contribution in [0.25, 0.3) is 0 Å². The van der Waals surface area contributed by atoms with E-state index in [1.807, 2.05) is 0 Å². The van der Waals surface area contributed by atoms with Gasteiger partial charge in [0.25, 0.3) is 11.8 Å². The molecule has 0 unspecified atom stereocenters. The topological polar surface area (TPSA) is 74.1 Å². The number of hydrogen-bond acceptors (Lipinski definition) is 4. The maximum Gasteiger partial charge on any atom is 0.416 e. The molecule has 2 aliphatic heterocycles. The molecule has 0 bridgehead atoms. The van der Waals surface area contributed by atoms with Gasteiger partial charge >= 0.3 is 6.18 Å². The monoisotopic (exact) mass is 449 g/mol. The van der Waals surface area contributed by atoms with Crippen molar-refractivity contribution in [1.82, 2.24) is 14.7 Å². The molecule has 0 radical (unpaired) electrons. The SMILES string of the molecule is O=C(c1ccc(C(F)(F)F)cc1)N1CCN(C(=O)[C@@H]2CCCN2C(=O)c2ccco2)CC1. The van der Waals surface area contributed by atoms with E-state index in [0.717, 1.165) is 18.6 Å². The smallest absolute Gasteiger partial charge is 0.416 e. The Kier molecular flexibility index (Phi) is 5.94. The van der Waals surface area contributed by atoms with Crippen LogP contribution >= 0.6 is 0 Å². The number of carbonyl (C=O) groups excluding carboxylic acids is 3. The second kappa shape index (κ2) is 8.68. The predicted molar refractivity (Wildman–Crippen MR) is 107 cm³/mol. The number of furan rings is 1. The molecule has 32 heavy (non-hydrogen) atoms. The summed E-state index contributed by atoms with van der Waals surface area (Å²) in [4.78, 5) is 43.0. The molecular weight excluding hydrogens is 427 g/mol. The molecule has 4 rings (SSSR count). The van der Waals surface area contributed by atoms with Crippen molar-refractivity contribution in [3.8, 4) is 0 Å². The van der Waals surface area contributed by atoms with E-state index in [-0.39, 0.29) is 42.1 Å². The highest BCUT2D eigenvalue weighted by Gasteiger charge is 2.39. The lowest BCUT2D eigenvalue weighted by atomic mass is 10.1. The van der Waals surface area contributed by atoms with Crippen LogP contribution in [-0.2, 0) is 11.0 Å². The molecule has 7 nitrogen and oxygen atoms in total. The molecule has 0 aliphatic carbocycles. The zero-order valence-corrected chi connectivity index (χ0v) is 17.2. The minimum Gasteiger partial charge on any atom is -0.459 e. The van der Waals surface area contributed by atoms with E-state index in [4.69, 9.17) is 4.42 Å². The third kappa shape index (κ3) is 4.35. The van der Waals surface area contributed by atoms with Gasteiger partial charge in [-0.3, -0.25) is 14.4 Å². The van der Waals surface area contributed by atoms with Crippen LogP contribution in [0.2, 0.25) is 0 Å². The molecular formula is C22H22F3N3O4. The normalized spacial score (nSPS) is 19.3. The lowest BCUT2D eigenvalue weighted by molar-refractivity contribution is -0.138. The number of rotatable bonds is 3. The average molecular weight is 449 g/mol. The van der Waals surface area contributed by atoms with Crippen molar-refractivity contribution in [2.45, 2.75) is 25.1 Å². The average Bonchev–Trinajstić information content (AvgIpc) is 3.50. The Morgan fingerprint density at radius 2 is 1.53 bits per heavy atom. The van der Waals surface area contributed by atoms with E-state index in [2.05, 4.69) is 0 Å². The number of piperazine rings is 1. The number of nitrogens with zero attached hydrogens (tertiary/aromatic N) is 3. The van der Waals surface area contributed by atoms with Gasteiger partial charge in [-0.15, -0.1) is 0 Å². The third-order valence-electron chi connectivity index (χ3n) is 5.87. The largest absolute Gasteiger partial charge is 0.459 e. The molecule has 2 saturated heterocycles. The first-order valence-corrected chi connectivity index (χ1v) is 10.4. The Balaban J connectivity index is 1.35. The quantitative estimate of drug-likeness (QED) is 0.723. The van der Waals surface area contributed by atoms with Crippen molar-refractivity contribution >= 4 is 17.7 Å². The number of alkyl halides is 3. The molecule has 2 aliphatic rings. The number of carbonyl (C=O) groups is 3. The van der Waals surface area contributed by atoms with Crippen molar-refractivity contribution < 1.29 is 32.0 Å². The highest BCUT2D eigenvalue weighted by molar-refractivity contribution is 5.96. The maximum atomic E-state index is 13.1. The van der Waals surface area contributed by atoms with E-state index in [0.29, 0.717) is 26.1 Å². The first kappa shape index (κ1) is 21.9. The van der Waals surface area contributed by atoms with Gasteiger partial charge < -0.3 is 19.1 Å². The van der Waals surface area contributed by atoms with E-state index in [1.54, 1.807) is 17.0 Å². The van der Waals surface area contributed by atoms with Gasteiger partial charge in [-0.2, -0.15) is 13.2 Å². The molecule has 3 amide bonds. The molecule has 1 aromatic heterocycles. The fourth-order valence-corrected chi connectivity index (χ4v) is 4.13. The lowest BCUT2D eigenvalue weighted by Gasteiger charge is -2.37. The van der Waals surface area contributed by atoms with Gasteiger partial charge in [0.1, 0.15) is 6.04 Å². The summed E-state index contributed by atoms with van der Waals surface area (Å²) >= 11 is 0. The van der Waals surface area contributed by atoms with E-state index in [9.17, 15) is 27.6 Å².